The highest BCUT2D eigenvalue weighted by molar-refractivity contribution is 7.12. The van der Waals surface area contributed by atoms with Gasteiger partial charge >= 0.3 is 0 Å². The van der Waals surface area contributed by atoms with E-state index in [-0.39, 0.29) is 5.54 Å². The van der Waals surface area contributed by atoms with Crippen molar-refractivity contribution in [1.82, 2.24) is 5.32 Å². The Morgan fingerprint density at radius 1 is 1.33 bits per heavy atom. The van der Waals surface area contributed by atoms with E-state index in [9.17, 15) is 0 Å². The minimum Gasteiger partial charge on any atom is -0.309 e. The summed E-state index contributed by atoms with van der Waals surface area (Å²) in [6, 6.07) is 4.40. The fourth-order valence-electron chi connectivity index (χ4n) is 1.21. The van der Waals surface area contributed by atoms with Gasteiger partial charge in [0.1, 0.15) is 0 Å². The van der Waals surface area contributed by atoms with E-state index in [1.807, 2.05) is 11.3 Å². The van der Waals surface area contributed by atoms with Gasteiger partial charge in [-0.2, -0.15) is 0 Å². The lowest BCUT2D eigenvalue weighted by Crippen LogP contribution is -2.35. The molecule has 0 spiro atoms. The summed E-state index contributed by atoms with van der Waals surface area (Å²) in [6.45, 7) is 9.67. The number of rotatable bonds is 4. The predicted molar refractivity (Wildman–Crippen MR) is 70.5 cm³/mol. The van der Waals surface area contributed by atoms with Gasteiger partial charge < -0.3 is 5.32 Å². The van der Waals surface area contributed by atoms with E-state index >= 15 is 0 Å². The van der Waals surface area contributed by atoms with Crippen LogP contribution in [0.4, 0.5) is 0 Å². The molecular weight excluding hydrogens is 202 g/mol. The monoisotopic (exact) mass is 223 g/mol. The maximum atomic E-state index is 3.43. The Hall–Kier alpha value is -0.600. The van der Waals surface area contributed by atoms with Crippen LogP contribution in [0.1, 0.15) is 37.4 Å². The Bertz CT molecular complexity index is 318. The lowest BCUT2D eigenvalue weighted by Gasteiger charge is -2.18. The lowest BCUT2D eigenvalue weighted by atomic mass is 10.1. The number of nitrogens with one attached hydrogen (secondary N) is 1. The van der Waals surface area contributed by atoms with Crippen molar-refractivity contribution in [2.24, 2.45) is 0 Å². The Labute approximate surface area is 97.2 Å². The first kappa shape index (κ1) is 12.5. The van der Waals surface area contributed by atoms with Gasteiger partial charge in [-0.1, -0.05) is 13.0 Å². The van der Waals surface area contributed by atoms with Crippen molar-refractivity contribution in [2.75, 3.05) is 6.54 Å². The molecule has 0 fully saturated rings. The summed E-state index contributed by atoms with van der Waals surface area (Å²) in [6.07, 6.45) is 5.53. The average molecular weight is 223 g/mol. The van der Waals surface area contributed by atoms with Crippen molar-refractivity contribution < 1.29 is 0 Å². The van der Waals surface area contributed by atoms with E-state index in [1.54, 1.807) is 0 Å². The zero-order valence-corrected chi connectivity index (χ0v) is 10.9. The van der Waals surface area contributed by atoms with Gasteiger partial charge in [-0.05, 0) is 45.4 Å². The third kappa shape index (κ3) is 5.14. The molecule has 0 aliphatic carbocycles. The molecule has 1 aromatic heterocycles. The number of hydrogen-bond donors (Lipinski definition) is 1. The van der Waals surface area contributed by atoms with Crippen molar-refractivity contribution in [3.8, 4) is 0 Å². The van der Waals surface area contributed by atoms with Gasteiger partial charge in [0.15, 0.2) is 0 Å². The maximum Gasteiger partial charge on any atom is 0.0270 e. The Morgan fingerprint density at radius 2 is 2.07 bits per heavy atom. The van der Waals surface area contributed by atoms with Gasteiger partial charge in [-0.25, -0.2) is 0 Å². The molecule has 0 radical (unpaired) electrons. The minimum absolute atomic E-state index is 0.203. The third-order valence-corrected chi connectivity index (χ3v) is 3.26. The van der Waals surface area contributed by atoms with Crippen LogP contribution in [-0.2, 0) is 6.42 Å². The smallest absolute Gasteiger partial charge is 0.0270 e. The summed E-state index contributed by atoms with van der Waals surface area (Å²) in [5, 5.41) is 3.43. The molecular formula is C13H21NS. The van der Waals surface area contributed by atoms with E-state index in [4.69, 9.17) is 0 Å². The number of thiophene rings is 1. The van der Waals surface area contributed by atoms with Crippen molar-refractivity contribution in [2.45, 2.75) is 39.7 Å². The first-order valence-electron chi connectivity index (χ1n) is 5.51. The zero-order chi connectivity index (χ0) is 11.3. The molecule has 1 nitrogen and oxygen atoms in total. The molecule has 0 saturated carbocycles. The van der Waals surface area contributed by atoms with Gasteiger partial charge in [0, 0.05) is 21.8 Å². The van der Waals surface area contributed by atoms with Crippen LogP contribution in [0.5, 0.6) is 0 Å². The van der Waals surface area contributed by atoms with Crippen molar-refractivity contribution in [1.29, 1.82) is 0 Å². The predicted octanol–water partition coefficient (Wildman–Crippen LogP) is 3.71. The summed E-state index contributed by atoms with van der Waals surface area (Å²) >= 11 is 1.88. The van der Waals surface area contributed by atoms with E-state index < -0.39 is 0 Å². The highest BCUT2D eigenvalue weighted by Crippen LogP contribution is 2.17. The molecule has 0 aliphatic rings. The van der Waals surface area contributed by atoms with E-state index in [1.165, 1.54) is 9.75 Å². The standard InChI is InChI=1S/C13H21NS/c1-5-11-8-9-12(15-11)7-6-10-14-13(2,3)4/h6-9,14H,5,10H2,1-4H3. The maximum absolute atomic E-state index is 3.43. The van der Waals surface area contributed by atoms with Gasteiger partial charge in [0.2, 0.25) is 0 Å². The van der Waals surface area contributed by atoms with Gasteiger partial charge in [-0.15, -0.1) is 11.3 Å². The third-order valence-electron chi connectivity index (χ3n) is 2.06. The lowest BCUT2D eigenvalue weighted by molar-refractivity contribution is 0.450. The quantitative estimate of drug-likeness (QED) is 0.820. The fraction of sp³-hybridized carbons (Fsp3) is 0.538. The van der Waals surface area contributed by atoms with Crippen LogP contribution in [0.15, 0.2) is 18.2 Å². The van der Waals surface area contributed by atoms with Crippen molar-refractivity contribution in [3.63, 3.8) is 0 Å². The molecule has 0 amide bonds. The van der Waals surface area contributed by atoms with Crippen LogP contribution >= 0.6 is 11.3 Å². The summed E-state index contributed by atoms with van der Waals surface area (Å²) in [5.41, 5.74) is 0.203. The molecule has 0 unspecified atom stereocenters. The van der Waals surface area contributed by atoms with Gasteiger partial charge in [0.05, 0.1) is 0 Å². The molecule has 1 heterocycles. The zero-order valence-electron chi connectivity index (χ0n) is 10.1. The molecule has 0 aromatic carbocycles. The van der Waals surface area contributed by atoms with E-state index in [0.29, 0.717) is 0 Å². The SMILES string of the molecule is CCc1ccc(C=CCNC(C)(C)C)s1. The normalized spacial score (nSPS) is 12.5. The van der Waals surface area contributed by atoms with Gasteiger partial charge in [-0.3, -0.25) is 0 Å². The minimum atomic E-state index is 0.203. The molecule has 0 atom stereocenters. The second-order valence-corrected chi connectivity index (χ2v) is 5.89. The molecule has 1 N–H and O–H groups in total. The molecule has 1 rings (SSSR count). The van der Waals surface area contributed by atoms with Crippen LogP contribution in [0.3, 0.4) is 0 Å². The summed E-state index contributed by atoms with van der Waals surface area (Å²) in [4.78, 5) is 2.81. The molecule has 1 aromatic rings. The molecule has 0 bridgehead atoms. The van der Waals surface area contributed by atoms with Crippen molar-refractivity contribution in [3.05, 3.63) is 28.0 Å². The van der Waals surface area contributed by atoms with E-state index in [2.05, 4.69) is 57.3 Å². The Balaban J connectivity index is 2.38. The Kier molecular flexibility index (Phi) is 4.55. The first-order valence-corrected chi connectivity index (χ1v) is 6.33. The summed E-state index contributed by atoms with van der Waals surface area (Å²) in [5.74, 6) is 0. The van der Waals surface area contributed by atoms with Crippen LogP contribution in [0.25, 0.3) is 6.08 Å². The van der Waals surface area contributed by atoms with Crippen molar-refractivity contribution >= 4 is 17.4 Å². The highest BCUT2D eigenvalue weighted by Gasteiger charge is 2.05. The van der Waals surface area contributed by atoms with Crippen LogP contribution < -0.4 is 5.32 Å². The number of hydrogen-bond acceptors (Lipinski definition) is 2. The molecule has 2 heteroatoms. The second kappa shape index (κ2) is 5.47. The molecule has 84 valence electrons. The highest BCUT2D eigenvalue weighted by atomic mass is 32.1. The van der Waals surface area contributed by atoms with E-state index in [0.717, 1.165) is 13.0 Å². The summed E-state index contributed by atoms with van der Waals surface area (Å²) < 4.78 is 0. The largest absolute Gasteiger partial charge is 0.309 e. The van der Waals surface area contributed by atoms with Gasteiger partial charge in [0.25, 0.3) is 0 Å². The molecule has 15 heavy (non-hydrogen) atoms. The summed E-state index contributed by atoms with van der Waals surface area (Å²) in [7, 11) is 0. The first-order chi connectivity index (χ1) is 7.01. The number of aryl methyl sites for hydroxylation is 1. The topological polar surface area (TPSA) is 12.0 Å². The van der Waals surface area contributed by atoms with Crippen LogP contribution in [0.2, 0.25) is 0 Å². The van der Waals surface area contributed by atoms with Crippen LogP contribution in [-0.4, -0.2) is 12.1 Å². The second-order valence-electron chi connectivity index (χ2n) is 4.69. The average Bonchev–Trinajstić information content (AvgIpc) is 2.59. The molecule has 0 aliphatic heterocycles. The molecule has 0 saturated heterocycles. The van der Waals surface area contributed by atoms with Crippen LogP contribution in [0, 0.1) is 0 Å². The fourth-order valence-corrected chi connectivity index (χ4v) is 2.10. The Morgan fingerprint density at radius 3 is 2.60 bits per heavy atom.